The minimum atomic E-state index is 0.422. The number of nitrogen functional groups attached to an aromatic ring is 1. The number of hydrogen-bond acceptors (Lipinski definition) is 4. The average molecular weight is 229 g/mol. The van der Waals surface area contributed by atoms with Gasteiger partial charge in [-0.3, -0.25) is 4.98 Å². The summed E-state index contributed by atoms with van der Waals surface area (Å²) in [7, 11) is 1.66. The number of aryl methyl sites for hydroxylation is 2. The van der Waals surface area contributed by atoms with E-state index in [0.29, 0.717) is 5.82 Å². The van der Waals surface area contributed by atoms with Gasteiger partial charge in [0.15, 0.2) is 0 Å². The quantitative estimate of drug-likeness (QED) is 0.858. The fourth-order valence-electron chi connectivity index (χ4n) is 1.81. The minimum Gasteiger partial charge on any atom is -0.496 e. The van der Waals surface area contributed by atoms with Gasteiger partial charge >= 0.3 is 0 Å². The Morgan fingerprint density at radius 3 is 2.41 bits per heavy atom. The number of nitrogens with zero attached hydrogens (tertiary/aromatic N) is 2. The van der Waals surface area contributed by atoms with E-state index in [9.17, 15) is 0 Å². The minimum absolute atomic E-state index is 0.422. The lowest BCUT2D eigenvalue weighted by molar-refractivity contribution is 0.412. The van der Waals surface area contributed by atoms with Gasteiger partial charge in [-0.05, 0) is 31.0 Å². The van der Waals surface area contributed by atoms with Crippen LogP contribution in [-0.2, 0) is 0 Å². The van der Waals surface area contributed by atoms with E-state index in [1.807, 2.05) is 19.9 Å². The molecule has 4 nitrogen and oxygen atoms in total. The summed E-state index contributed by atoms with van der Waals surface area (Å²) in [5.74, 6) is 1.27. The second-order valence-corrected chi connectivity index (χ2v) is 3.96. The summed E-state index contributed by atoms with van der Waals surface area (Å²) in [4.78, 5) is 8.32. The summed E-state index contributed by atoms with van der Waals surface area (Å²) >= 11 is 0. The number of ether oxygens (including phenoxy) is 1. The molecule has 2 rings (SSSR count). The normalized spacial score (nSPS) is 10.3. The molecule has 2 aromatic rings. The van der Waals surface area contributed by atoms with Crippen molar-refractivity contribution in [3.8, 4) is 17.0 Å². The molecule has 88 valence electrons. The van der Waals surface area contributed by atoms with Crippen molar-refractivity contribution in [2.24, 2.45) is 0 Å². The Balaban J connectivity index is 2.55. The fraction of sp³-hybridized carbons (Fsp3) is 0.231. The van der Waals surface area contributed by atoms with Crippen molar-refractivity contribution in [1.29, 1.82) is 0 Å². The van der Waals surface area contributed by atoms with Crippen LogP contribution in [0.5, 0.6) is 5.75 Å². The molecule has 0 bridgehead atoms. The summed E-state index contributed by atoms with van der Waals surface area (Å²) in [6.07, 6.45) is 3.23. The van der Waals surface area contributed by atoms with Gasteiger partial charge in [0.25, 0.3) is 0 Å². The highest BCUT2D eigenvalue weighted by molar-refractivity contribution is 5.66. The molecule has 1 aromatic heterocycles. The second-order valence-electron chi connectivity index (χ2n) is 3.96. The smallest absolute Gasteiger partial charge is 0.141 e. The molecule has 0 saturated heterocycles. The van der Waals surface area contributed by atoms with Crippen LogP contribution in [0.25, 0.3) is 11.3 Å². The highest BCUT2D eigenvalue weighted by Gasteiger charge is 2.08. The van der Waals surface area contributed by atoms with E-state index in [-0.39, 0.29) is 0 Å². The summed E-state index contributed by atoms with van der Waals surface area (Å²) < 4.78 is 5.31. The van der Waals surface area contributed by atoms with Gasteiger partial charge in [-0.1, -0.05) is 6.07 Å². The number of hydrogen-bond donors (Lipinski definition) is 1. The molecule has 0 fully saturated rings. The van der Waals surface area contributed by atoms with Crippen LogP contribution < -0.4 is 10.5 Å². The van der Waals surface area contributed by atoms with E-state index in [1.165, 1.54) is 0 Å². The molecule has 0 aliphatic rings. The fourth-order valence-corrected chi connectivity index (χ4v) is 1.81. The lowest BCUT2D eigenvalue weighted by Gasteiger charge is -2.10. The van der Waals surface area contributed by atoms with E-state index in [0.717, 1.165) is 28.1 Å². The molecule has 17 heavy (non-hydrogen) atoms. The van der Waals surface area contributed by atoms with Gasteiger partial charge < -0.3 is 10.5 Å². The van der Waals surface area contributed by atoms with E-state index in [4.69, 9.17) is 10.5 Å². The van der Waals surface area contributed by atoms with Crippen LogP contribution >= 0.6 is 0 Å². The zero-order valence-corrected chi connectivity index (χ0v) is 10.2. The number of rotatable bonds is 2. The molecule has 0 saturated carbocycles. The van der Waals surface area contributed by atoms with E-state index >= 15 is 0 Å². The molecule has 4 heteroatoms. The monoisotopic (exact) mass is 229 g/mol. The first kappa shape index (κ1) is 11.4. The lowest BCUT2D eigenvalue weighted by atomic mass is 10.0. The molecule has 2 N–H and O–H groups in total. The maximum absolute atomic E-state index is 5.52. The van der Waals surface area contributed by atoms with Gasteiger partial charge in [0.2, 0.25) is 0 Å². The standard InChI is InChI=1S/C13H15N3O/c1-8-4-9(2)12(17-3)5-10(8)11-6-16-13(14)7-15-11/h4-7H,1-3H3,(H2,14,16). The third-order valence-electron chi connectivity index (χ3n) is 2.69. The molecule has 1 heterocycles. The third-order valence-corrected chi connectivity index (χ3v) is 2.69. The summed E-state index contributed by atoms with van der Waals surface area (Å²) in [6.45, 7) is 4.06. The van der Waals surface area contributed by atoms with Gasteiger partial charge in [0, 0.05) is 5.56 Å². The summed E-state index contributed by atoms with van der Waals surface area (Å²) in [6, 6.07) is 4.05. The van der Waals surface area contributed by atoms with Crippen LogP contribution in [0.4, 0.5) is 5.82 Å². The van der Waals surface area contributed by atoms with Gasteiger partial charge in [0.1, 0.15) is 11.6 Å². The van der Waals surface area contributed by atoms with Gasteiger partial charge in [-0.15, -0.1) is 0 Å². The van der Waals surface area contributed by atoms with E-state index in [2.05, 4.69) is 16.0 Å². The maximum Gasteiger partial charge on any atom is 0.141 e. The highest BCUT2D eigenvalue weighted by Crippen LogP contribution is 2.28. The topological polar surface area (TPSA) is 61.0 Å². The molecule has 1 aromatic carbocycles. The Kier molecular flexibility index (Phi) is 2.95. The van der Waals surface area contributed by atoms with Crippen molar-refractivity contribution < 1.29 is 4.74 Å². The van der Waals surface area contributed by atoms with Crippen LogP contribution in [-0.4, -0.2) is 17.1 Å². The third kappa shape index (κ3) is 2.20. The van der Waals surface area contributed by atoms with Crippen molar-refractivity contribution in [3.63, 3.8) is 0 Å². The molecule has 0 atom stereocenters. The number of methoxy groups -OCH3 is 1. The second kappa shape index (κ2) is 4.41. The van der Waals surface area contributed by atoms with Crippen LogP contribution in [0.1, 0.15) is 11.1 Å². The predicted octanol–water partition coefficient (Wildman–Crippen LogP) is 2.35. The number of nitrogens with two attached hydrogens (primary N) is 1. The first-order valence-electron chi connectivity index (χ1n) is 5.35. The molecular weight excluding hydrogens is 214 g/mol. The Morgan fingerprint density at radius 1 is 1.06 bits per heavy atom. The number of aromatic nitrogens is 2. The lowest BCUT2D eigenvalue weighted by Crippen LogP contribution is -1.95. The predicted molar refractivity (Wildman–Crippen MR) is 67.9 cm³/mol. The highest BCUT2D eigenvalue weighted by atomic mass is 16.5. The maximum atomic E-state index is 5.52. The number of benzene rings is 1. The van der Waals surface area contributed by atoms with Crippen LogP contribution in [0.15, 0.2) is 24.5 Å². The zero-order valence-electron chi connectivity index (χ0n) is 10.2. The SMILES string of the molecule is COc1cc(-c2cnc(N)cn2)c(C)cc1C. The number of anilines is 1. The average Bonchev–Trinajstić information content (AvgIpc) is 2.31. The Labute approximate surface area is 100 Å². The van der Waals surface area contributed by atoms with Gasteiger partial charge in [0.05, 0.1) is 25.2 Å². The molecule has 0 unspecified atom stereocenters. The molecular formula is C13H15N3O. The van der Waals surface area contributed by atoms with Gasteiger partial charge in [-0.2, -0.15) is 0 Å². The first-order chi connectivity index (χ1) is 8.11. The molecule has 0 amide bonds. The summed E-state index contributed by atoms with van der Waals surface area (Å²) in [5.41, 5.74) is 9.59. The van der Waals surface area contributed by atoms with Crippen LogP contribution in [0, 0.1) is 13.8 Å². The first-order valence-corrected chi connectivity index (χ1v) is 5.35. The Morgan fingerprint density at radius 2 is 1.82 bits per heavy atom. The largest absolute Gasteiger partial charge is 0.496 e. The Hall–Kier alpha value is -2.10. The Bertz CT molecular complexity index is 535. The van der Waals surface area contributed by atoms with Crippen molar-refractivity contribution in [2.45, 2.75) is 13.8 Å². The van der Waals surface area contributed by atoms with Crippen molar-refractivity contribution in [1.82, 2.24) is 9.97 Å². The van der Waals surface area contributed by atoms with Crippen LogP contribution in [0.3, 0.4) is 0 Å². The van der Waals surface area contributed by atoms with E-state index < -0.39 is 0 Å². The van der Waals surface area contributed by atoms with Crippen LogP contribution in [0.2, 0.25) is 0 Å². The van der Waals surface area contributed by atoms with Crippen molar-refractivity contribution >= 4 is 5.82 Å². The molecule has 0 aliphatic carbocycles. The zero-order chi connectivity index (χ0) is 12.4. The van der Waals surface area contributed by atoms with Gasteiger partial charge in [-0.25, -0.2) is 4.98 Å². The summed E-state index contributed by atoms with van der Waals surface area (Å²) in [5, 5.41) is 0. The molecule has 0 radical (unpaired) electrons. The van der Waals surface area contributed by atoms with Crippen molar-refractivity contribution in [3.05, 3.63) is 35.7 Å². The molecule has 0 aliphatic heterocycles. The van der Waals surface area contributed by atoms with Crippen molar-refractivity contribution in [2.75, 3.05) is 12.8 Å². The van der Waals surface area contributed by atoms with E-state index in [1.54, 1.807) is 19.5 Å². The molecule has 0 spiro atoms.